The quantitative estimate of drug-likeness (QED) is 0.663. The Morgan fingerprint density at radius 1 is 1.39 bits per heavy atom. The Morgan fingerprint density at radius 2 is 2.06 bits per heavy atom. The number of nitrogens with zero attached hydrogens (tertiary/aromatic N) is 1. The van der Waals surface area contributed by atoms with Gasteiger partial charge < -0.3 is 5.32 Å². The van der Waals surface area contributed by atoms with Gasteiger partial charge in [-0.05, 0) is 18.9 Å². The second-order valence-corrected chi connectivity index (χ2v) is 4.38. The normalized spacial score (nSPS) is 15.6. The van der Waals surface area contributed by atoms with Crippen LogP contribution in [0.4, 0.5) is 10.1 Å². The summed E-state index contributed by atoms with van der Waals surface area (Å²) in [5.41, 5.74) is -0.552. The second kappa shape index (κ2) is 5.12. The van der Waals surface area contributed by atoms with Crippen LogP contribution in [0.1, 0.15) is 36.0 Å². The number of amides is 1. The van der Waals surface area contributed by atoms with Crippen molar-refractivity contribution in [1.82, 2.24) is 5.32 Å². The average molecular weight is 252 g/mol. The zero-order valence-corrected chi connectivity index (χ0v) is 9.69. The molecule has 96 valence electrons. The third-order valence-electron chi connectivity index (χ3n) is 3.10. The van der Waals surface area contributed by atoms with Gasteiger partial charge in [0.15, 0.2) is 0 Å². The van der Waals surface area contributed by atoms with Crippen LogP contribution in [0, 0.1) is 15.9 Å². The lowest BCUT2D eigenvalue weighted by Gasteiger charge is -2.12. The lowest BCUT2D eigenvalue weighted by molar-refractivity contribution is -0.384. The minimum atomic E-state index is -0.740. The fraction of sp³-hybridized carbons (Fsp3) is 0.417. The predicted octanol–water partition coefficient (Wildman–Crippen LogP) is 2.41. The van der Waals surface area contributed by atoms with Crippen molar-refractivity contribution in [2.75, 3.05) is 0 Å². The number of carbonyl (C=O) groups is 1. The number of carbonyl (C=O) groups excluding carboxylic acids is 1. The predicted molar refractivity (Wildman–Crippen MR) is 62.8 cm³/mol. The average Bonchev–Trinajstić information content (AvgIpc) is 2.81. The Hall–Kier alpha value is -1.98. The minimum absolute atomic E-state index is 0.0520. The molecule has 0 aromatic heterocycles. The van der Waals surface area contributed by atoms with Gasteiger partial charge in [0.1, 0.15) is 5.82 Å². The van der Waals surface area contributed by atoms with Crippen LogP contribution in [0.15, 0.2) is 18.2 Å². The summed E-state index contributed by atoms with van der Waals surface area (Å²) in [6.45, 7) is 0. The molecule has 18 heavy (non-hydrogen) atoms. The largest absolute Gasteiger partial charge is 0.349 e. The summed E-state index contributed by atoms with van der Waals surface area (Å²) in [5.74, 6) is -1.32. The van der Waals surface area contributed by atoms with Gasteiger partial charge in [-0.25, -0.2) is 4.39 Å². The highest BCUT2D eigenvalue weighted by molar-refractivity contribution is 5.95. The number of non-ortho nitro benzene ring substituents is 1. The van der Waals surface area contributed by atoms with Crippen LogP contribution in [0.25, 0.3) is 0 Å². The molecule has 0 radical (unpaired) electrons. The molecule has 0 saturated heterocycles. The maximum Gasteiger partial charge on any atom is 0.270 e. The molecule has 1 aromatic rings. The van der Waals surface area contributed by atoms with Crippen molar-refractivity contribution in [1.29, 1.82) is 0 Å². The van der Waals surface area contributed by atoms with Crippen LogP contribution >= 0.6 is 0 Å². The third-order valence-corrected chi connectivity index (χ3v) is 3.10. The molecular weight excluding hydrogens is 239 g/mol. The number of hydrogen-bond donors (Lipinski definition) is 1. The Kier molecular flexibility index (Phi) is 3.55. The molecule has 5 nitrogen and oxygen atoms in total. The zero-order chi connectivity index (χ0) is 13.1. The molecule has 1 aliphatic carbocycles. The number of nitro benzene ring substituents is 1. The van der Waals surface area contributed by atoms with E-state index in [-0.39, 0.29) is 17.3 Å². The van der Waals surface area contributed by atoms with Gasteiger partial charge in [0, 0.05) is 18.2 Å². The van der Waals surface area contributed by atoms with Crippen molar-refractivity contribution >= 4 is 11.6 Å². The van der Waals surface area contributed by atoms with E-state index < -0.39 is 16.6 Å². The molecular formula is C12H13FN2O3. The first-order valence-corrected chi connectivity index (χ1v) is 5.83. The topological polar surface area (TPSA) is 72.2 Å². The molecule has 0 unspecified atom stereocenters. The Morgan fingerprint density at radius 3 is 2.67 bits per heavy atom. The summed E-state index contributed by atoms with van der Waals surface area (Å²) in [7, 11) is 0. The van der Waals surface area contributed by atoms with Gasteiger partial charge in [0.2, 0.25) is 0 Å². The summed E-state index contributed by atoms with van der Waals surface area (Å²) in [6, 6.07) is 3.01. The van der Waals surface area contributed by atoms with E-state index in [2.05, 4.69) is 5.32 Å². The highest BCUT2D eigenvalue weighted by atomic mass is 19.1. The van der Waals surface area contributed by atoms with Gasteiger partial charge in [0.25, 0.3) is 11.6 Å². The van der Waals surface area contributed by atoms with Gasteiger partial charge in [0.05, 0.1) is 10.5 Å². The molecule has 0 atom stereocenters. The first kappa shape index (κ1) is 12.5. The van der Waals surface area contributed by atoms with E-state index in [0.29, 0.717) is 0 Å². The second-order valence-electron chi connectivity index (χ2n) is 4.38. The summed E-state index contributed by atoms with van der Waals surface area (Å²) in [5, 5.41) is 13.3. The van der Waals surface area contributed by atoms with Gasteiger partial charge in [-0.3, -0.25) is 14.9 Å². The van der Waals surface area contributed by atoms with Crippen molar-refractivity contribution in [2.45, 2.75) is 31.7 Å². The molecule has 1 saturated carbocycles. The van der Waals surface area contributed by atoms with Gasteiger partial charge in [-0.15, -0.1) is 0 Å². The highest BCUT2D eigenvalue weighted by Crippen LogP contribution is 2.20. The number of benzene rings is 1. The first-order chi connectivity index (χ1) is 8.58. The third kappa shape index (κ3) is 2.64. The molecule has 0 bridgehead atoms. The molecule has 2 rings (SSSR count). The van der Waals surface area contributed by atoms with E-state index in [4.69, 9.17) is 0 Å². The maximum atomic E-state index is 13.5. The van der Waals surface area contributed by atoms with E-state index in [1.54, 1.807) is 0 Å². The standard InChI is InChI=1S/C12H13FN2O3/c13-11-6-5-9(15(17)18)7-10(11)12(16)14-8-3-1-2-4-8/h5-8H,1-4H2,(H,14,16). The van der Waals surface area contributed by atoms with E-state index in [1.807, 2.05) is 0 Å². The van der Waals surface area contributed by atoms with Crippen LogP contribution in [0.3, 0.4) is 0 Å². The molecule has 0 heterocycles. The number of nitrogens with one attached hydrogen (secondary N) is 1. The first-order valence-electron chi connectivity index (χ1n) is 5.83. The smallest absolute Gasteiger partial charge is 0.270 e. The fourth-order valence-electron chi connectivity index (χ4n) is 2.13. The summed E-state index contributed by atoms with van der Waals surface area (Å²) in [6.07, 6.45) is 3.84. The van der Waals surface area contributed by atoms with Crippen molar-refractivity contribution in [3.8, 4) is 0 Å². The molecule has 1 amide bonds. The lowest BCUT2D eigenvalue weighted by Crippen LogP contribution is -2.33. The number of rotatable bonds is 3. The van der Waals surface area contributed by atoms with E-state index in [0.717, 1.165) is 43.9 Å². The molecule has 1 fully saturated rings. The lowest BCUT2D eigenvalue weighted by atomic mass is 10.1. The molecule has 6 heteroatoms. The van der Waals surface area contributed by atoms with Crippen molar-refractivity contribution in [2.24, 2.45) is 0 Å². The minimum Gasteiger partial charge on any atom is -0.349 e. The Balaban J connectivity index is 2.17. The van der Waals surface area contributed by atoms with E-state index >= 15 is 0 Å². The summed E-state index contributed by atoms with van der Waals surface area (Å²) < 4.78 is 13.5. The van der Waals surface area contributed by atoms with E-state index in [1.165, 1.54) is 0 Å². The molecule has 0 spiro atoms. The van der Waals surface area contributed by atoms with Crippen LogP contribution in [0.2, 0.25) is 0 Å². The van der Waals surface area contributed by atoms with Crippen molar-refractivity contribution in [3.63, 3.8) is 0 Å². The van der Waals surface area contributed by atoms with Gasteiger partial charge >= 0.3 is 0 Å². The van der Waals surface area contributed by atoms with Crippen LogP contribution in [-0.2, 0) is 0 Å². The molecule has 0 aliphatic heterocycles. The molecule has 1 aromatic carbocycles. The van der Waals surface area contributed by atoms with Crippen LogP contribution < -0.4 is 5.32 Å². The Labute approximate surface area is 103 Å². The van der Waals surface area contributed by atoms with Gasteiger partial charge in [-0.1, -0.05) is 12.8 Å². The summed E-state index contributed by atoms with van der Waals surface area (Å²) in [4.78, 5) is 21.8. The number of hydrogen-bond acceptors (Lipinski definition) is 3. The highest BCUT2D eigenvalue weighted by Gasteiger charge is 2.21. The summed E-state index contributed by atoms with van der Waals surface area (Å²) >= 11 is 0. The van der Waals surface area contributed by atoms with Crippen molar-refractivity contribution < 1.29 is 14.1 Å². The monoisotopic (exact) mass is 252 g/mol. The number of nitro groups is 1. The number of halogens is 1. The van der Waals surface area contributed by atoms with Crippen LogP contribution in [0.5, 0.6) is 0 Å². The molecule has 1 aliphatic rings. The maximum absolute atomic E-state index is 13.5. The van der Waals surface area contributed by atoms with E-state index in [9.17, 15) is 19.3 Å². The Bertz CT molecular complexity index is 484. The SMILES string of the molecule is O=C(NC1CCCC1)c1cc([N+](=O)[O-])ccc1F. The fourth-order valence-corrected chi connectivity index (χ4v) is 2.13. The van der Waals surface area contributed by atoms with Gasteiger partial charge in [-0.2, -0.15) is 0 Å². The molecule has 1 N–H and O–H groups in total. The van der Waals surface area contributed by atoms with Crippen LogP contribution in [-0.4, -0.2) is 16.9 Å². The zero-order valence-electron chi connectivity index (χ0n) is 9.69. The van der Waals surface area contributed by atoms with Crippen molar-refractivity contribution in [3.05, 3.63) is 39.7 Å².